The Hall–Kier alpha value is -0.640. The average Bonchev–Trinajstić information content (AvgIpc) is 2.30. The van der Waals surface area contributed by atoms with Gasteiger partial charge in [-0.25, -0.2) is 0 Å². The molecule has 1 aromatic rings. The van der Waals surface area contributed by atoms with E-state index in [2.05, 4.69) is 49.2 Å². The lowest BCUT2D eigenvalue weighted by atomic mass is 10.1. The third kappa shape index (κ3) is 4.75. The fourth-order valence-electron chi connectivity index (χ4n) is 2.25. The van der Waals surface area contributed by atoms with Crippen LogP contribution in [0.25, 0.3) is 0 Å². The summed E-state index contributed by atoms with van der Waals surface area (Å²) in [5.74, 6) is 0.997. The highest BCUT2D eigenvalue weighted by Gasteiger charge is 2.21. The van der Waals surface area contributed by atoms with Gasteiger partial charge in [-0.1, -0.05) is 12.1 Å². The number of halogens is 2. The van der Waals surface area contributed by atoms with Gasteiger partial charge in [-0.3, -0.25) is 0 Å². The molecule has 0 bridgehead atoms. The molecule has 1 heterocycles. The number of nitrogens with zero attached hydrogens (tertiary/aromatic N) is 1. The molecule has 0 unspecified atom stereocenters. The first-order valence-electron chi connectivity index (χ1n) is 6.41. The van der Waals surface area contributed by atoms with Crippen LogP contribution in [0.2, 0.25) is 0 Å². The van der Waals surface area contributed by atoms with Crippen LogP contribution in [-0.4, -0.2) is 31.8 Å². The fraction of sp³-hybridized carbons (Fsp3) is 0.571. The molecule has 1 aliphatic heterocycles. The summed E-state index contributed by atoms with van der Waals surface area (Å²) < 4.78 is 5.88. The van der Waals surface area contributed by atoms with Crippen LogP contribution >= 0.6 is 24.8 Å². The van der Waals surface area contributed by atoms with E-state index in [1.807, 2.05) is 6.07 Å². The molecule has 1 atom stereocenters. The van der Waals surface area contributed by atoms with Gasteiger partial charge in [0.25, 0.3) is 0 Å². The monoisotopic (exact) mass is 306 g/mol. The summed E-state index contributed by atoms with van der Waals surface area (Å²) in [7, 11) is 0. The molecule has 1 aromatic carbocycles. The molecule has 1 aliphatic rings. The van der Waals surface area contributed by atoms with E-state index in [-0.39, 0.29) is 30.9 Å². The van der Waals surface area contributed by atoms with Crippen LogP contribution in [0.4, 0.5) is 5.69 Å². The van der Waals surface area contributed by atoms with Gasteiger partial charge in [-0.05, 0) is 32.9 Å². The summed E-state index contributed by atoms with van der Waals surface area (Å²) in [4.78, 5) is 2.42. The van der Waals surface area contributed by atoms with Gasteiger partial charge in [0.05, 0.1) is 11.8 Å². The summed E-state index contributed by atoms with van der Waals surface area (Å²) in [5, 5.41) is 3.41. The van der Waals surface area contributed by atoms with Crippen molar-refractivity contribution in [1.29, 1.82) is 0 Å². The molecule has 1 saturated heterocycles. The Kier molecular flexibility index (Phi) is 8.23. The lowest BCUT2D eigenvalue weighted by molar-refractivity contribution is 0.242. The van der Waals surface area contributed by atoms with Crippen molar-refractivity contribution in [3.05, 3.63) is 24.3 Å². The number of piperazine rings is 1. The molecule has 2 rings (SSSR count). The predicted molar refractivity (Wildman–Crippen MR) is 86.4 cm³/mol. The van der Waals surface area contributed by atoms with Crippen molar-refractivity contribution in [2.24, 2.45) is 0 Å². The third-order valence-electron chi connectivity index (χ3n) is 3.04. The van der Waals surface area contributed by atoms with Crippen molar-refractivity contribution in [3.8, 4) is 5.75 Å². The molecule has 0 amide bonds. The number of ether oxygens (including phenoxy) is 1. The van der Waals surface area contributed by atoms with Gasteiger partial charge in [-0.15, -0.1) is 24.8 Å². The molecule has 0 aromatic heterocycles. The molecule has 0 saturated carbocycles. The van der Waals surface area contributed by atoms with E-state index in [0.29, 0.717) is 6.04 Å². The Morgan fingerprint density at radius 3 is 2.58 bits per heavy atom. The van der Waals surface area contributed by atoms with Gasteiger partial charge in [0, 0.05) is 25.7 Å². The second-order valence-electron chi connectivity index (χ2n) is 4.88. The Balaban J connectivity index is 0.00000162. The van der Waals surface area contributed by atoms with E-state index in [9.17, 15) is 0 Å². The second-order valence-corrected chi connectivity index (χ2v) is 4.88. The largest absolute Gasteiger partial charge is 0.489 e. The quantitative estimate of drug-likeness (QED) is 0.928. The van der Waals surface area contributed by atoms with Gasteiger partial charge in [0.15, 0.2) is 0 Å². The van der Waals surface area contributed by atoms with Crippen molar-refractivity contribution in [1.82, 2.24) is 5.32 Å². The maximum atomic E-state index is 5.88. The van der Waals surface area contributed by atoms with Crippen LogP contribution in [0.1, 0.15) is 20.8 Å². The van der Waals surface area contributed by atoms with Crippen LogP contribution in [0.15, 0.2) is 24.3 Å². The zero-order valence-electron chi connectivity index (χ0n) is 11.8. The second kappa shape index (κ2) is 8.51. The molecule has 110 valence electrons. The highest BCUT2D eigenvalue weighted by molar-refractivity contribution is 5.85. The van der Waals surface area contributed by atoms with Crippen molar-refractivity contribution in [3.63, 3.8) is 0 Å². The molecule has 3 nitrogen and oxygen atoms in total. The first kappa shape index (κ1) is 18.4. The number of para-hydroxylation sites is 2. The Labute approximate surface area is 128 Å². The van der Waals surface area contributed by atoms with Gasteiger partial charge in [-0.2, -0.15) is 0 Å². The van der Waals surface area contributed by atoms with Crippen LogP contribution < -0.4 is 15.0 Å². The lowest BCUT2D eigenvalue weighted by Gasteiger charge is -2.36. The van der Waals surface area contributed by atoms with Gasteiger partial charge in [0.1, 0.15) is 5.75 Å². The maximum Gasteiger partial charge on any atom is 0.142 e. The zero-order valence-corrected chi connectivity index (χ0v) is 13.4. The minimum absolute atomic E-state index is 0. The highest BCUT2D eigenvalue weighted by atomic mass is 35.5. The number of nitrogens with one attached hydrogen (secondary N) is 1. The molecule has 5 heteroatoms. The topological polar surface area (TPSA) is 24.5 Å². The third-order valence-corrected chi connectivity index (χ3v) is 3.04. The minimum Gasteiger partial charge on any atom is -0.489 e. The summed E-state index contributed by atoms with van der Waals surface area (Å²) in [6.45, 7) is 9.50. The number of rotatable bonds is 3. The number of benzene rings is 1. The normalized spacial score (nSPS) is 18.5. The average molecular weight is 307 g/mol. The van der Waals surface area contributed by atoms with Crippen LogP contribution in [-0.2, 0) is 0 Å². The van der Waals surface area contributed by atoms with Crippen molar-refractivity contribution in [2.45, 2.75) is 32.9 Å². The summed E-state index contributed by atoms with van der Waals surface area (Å²) >= 11 is 0. The highest BCUT2D eigenvalue weighted by Crippen LogP contribution is 2.30. The molecule has 1 N–H and O–H groups in total. The SMILES string of the molecule is CC(C)Oc1ccccc1N1CCNC[C@H]1C.Cl.Cl. The lowest BCUT2D eigenvalue weighted by Crippen LogP contribution is -2.50. The maximum absolute atomic E-state index is 5.88. The van der Waals surface area contributed by atoms with Crippen molar-refractivity contribution in [2.75, 3.05) is 24.5 Å². The minimum atomic E-state index is 0. The molecule has 0 radical (unpaired) electrons. The van der Waals surface area contributed by atoms with Crippen molar-refractivity contribution < 1.29 is 4.74 Å². The molecule has 1 fully saturated rings. The summed E-state index contributed by atoms with van der Waals surface area (Å²) in [6.07, 6.45) is 0.217. The number of hydrogen-bond acceptors (Lipinski definition) is 3. The van der Waals surface area contributed by atoms with Crippen LogP contribution in [0.5, 0.6) is 5.75 Å². The first-order valence-corrected chi connectivity index (χ1v) is 6.41. The van der Waals surface area contributed by atoms with Crippen molar-refractivity contribution >= 4 is 30.5 Å². The zero-order chi connectivity index (χ0) is 12.3. The van der Waals surface area contributed by atoms with Gasteiger partial charge < -0.3 is 15.0 Å². The fourth-order valence-corrected chi connectivity index (χ4v) is 2.25. The predicted octanol–water partition coefficient (Wildman–Crippen LogP) is 3.12. The van der Waals surface area contributed by atoms with Gasteiger partial charge >= 0.3 is 0 Å². The van der Waals surface area contributed by atoms with E-state index in [0.717, 1.165) is 25.4 Å². The van der Waals surface area contributed by atoms with Crippen LogP contribution in [0.3, 0.4) is 0 Å². The van der Waals surface area contributed by atoms with Gasteiger partial charge in [0.2, 0.25) is 0 Å². The smallest absolute Gasteiger partial charge is 0.142 e. The van der Waals surface area contributed by atoms with E-state index in [1.54, 1.807) is 0 Å². The summed E-state index contributed by atoms with van der Waals surface area (Å²) in [6, 6.07) is 8.84. The van der Waals surface area contributed by atoms with E-state index in [4.69, 9.17) is 4.74 Å². The number of anilines is 1. The summed E-state index contributed by atoms with van der Waals surface area (Å²) in [5.41, 5.74) is 1.22. The standard InChI is InChI=1S/C14H22N2O.2ClH/c1-11(2)17-14-7-5-4-6-13(14)16-9-8-15-10-12(16)3;;/h4-7,11-12,15H,8-10H2,1-3H3;2*1H/t12-;;/m1../s1. The Morgan fingerprint density at radius 1 is 1.26 bits per heavy atom. The first-order chi connectivity index (χ1) is 8.18. The molecule has 0 spiro atoms. The number of hydrogen-bond donors (Lipinski definition) is 1. The Morgan fingerprint density at radius 2 is 1.95 bits per heavy atom. The molecule has 0 aliphatic carbocycles. The van der Waals surface area contributed by atoms with E-state index >= 15 is 0 Å². The van der Waals surface area contributed by atoms with E-state index < -0.39 is 0 Å². The molecular weight excluding hydrogens is 283 g/mol. The van der Waals surface area contributed by atoms with E-state index in [1.165, 1.54) is 5.69 Å². The Bertz CT molecular complexity index is 374. The van der Waals surface area contributed by atoms with Crippen LogP contribution in [0, 0.1) is 0 Å². The molecular formula is C14H24Cl2N2O. The molecule has 19 heavy (non-hydrogen) atoms.